The fourth-order valence-corrected chi connectivity index (χ4v) is 6.53. The molecular weight excluding hydrogens is 282 g/mol. The summed E-state index contributed by atoms with van der Waals surface area (Å²) in [5.74, 6) is 3.99. The summed E-state index contributed by atoms with van der Waals surface area (Å²) < 4.78 is 0. The summed E-state index contributed by atoms with van der Waals surface area (Å²) in [5.41, 5.74) is 6.83. The van der Waals surface area contributed by atoms with Crippen LogP contribution in [0.1, 0.15) is 65.2 Å². The van der Waals surface area contributed by atoms with Gasteiger partial charge in [-0.25, -0.2) is 0 Å². The molecule has 0 radical (unpaired) electrons. The minimum Gasteiger partial charge on any atom is -0.327 e. The highest BCUT2D eigenvalue weighted by Gasteiger charge is 2.50. The topological polar surface area (TPSA) is 41.3 Å². The Morgan fingerprint density at radius 2 is 1.78 bits per heavy atom. The monoisotopic (exact) mass is 319 g/mol. The quantitative estimate of drug-likeness (QED) is 0.821. The van der Waals surface area contributed by atoms with E-state index in [-0.39, 0.29) is 0 Å². The van der Waals surface area contributed by atoms with Crippen LogP contribution in [0, 0.1) is 29.6 Å². The molecular formula is C20H37N3. The zero-order valence-electron chi connectivity index (χ0n) is 15.2. The smallest absolute Gasteiger partial charge is 0.0644 e. The second-order valence-electron chi connectivity index (χ2n) is 9.38. The van der Waals surface area contributed by atoms with Crippen LogP contribution in [0.5, 0.6) is 0 Å². The lowest BCUT2D eigenvalue weighted by molar-refractivity contribution is 0.0141. The van der Waals surface area contributed by atoms with Crippen molar-refractivity contribution in [3.63, 3.8) is 0 Å². The molecule has 0 aromatic heterocycles. The molecule has 0 bridgehead atoms. The SMILES string of the molecule is CC1CC(C)C2NC3C(CCN3CC3CCCCC3)C(N)C2C1. The van der Waals surface area contributed by atoms with Crippen molar-refractivity contribution in [3.05, 3.63) is 0 Å². The highest BCUT2D eigenvalue weighted by atomic mass is 15.3. The van der Waals surface area contributed by atoms with Crippen molar-refractivity contribution < 1.29 is 0 Å². The Balaban J connectivity index is 1.45. The first-order valence-corrected chi connectivity index (χ1v) is 10.4. The first-order valence-electron chi connectivity index (χ1n) is 10.4. The molecule has 3 heteroatoms. The Morgan fingerprint density at radius 3 is 2.57 bits per heavy atom. The molecule has 2 aliphatic carbocycles. The highest BCUT2D eigenvalue weighted by Crippen LogP contribution is 2.43. The number of piperidine rings is 1. The Morgan fingerprint density at radius 1 is 1.00 bits per heavy atom. The fourth-order valence-electron chi connectivity index (χ4n) is 6.53. The van der Waals surface area contributed by atoms with Gasteiger partial charge in [-0.3, -0.25) is 10.2 Å². The zero-order chi connectivity index (χ0) is 16.0. The zero-order valence-corrected chi connectivity index (χ0v) is 15.2. The van der Waals surface area contributed by atoms with E-state index in [1.165, 1.54) is 64.5 Å². The van der Waals surface area contributed by atoms with Gasteiger partial charge in [0.05, 0.1) is 6.17 Å². The van der Waals surface area contributed by atoms with Crippen molar-refractivity contribution in [2.75, 3.05) is 13.1 Å². The van der Waals surface area contributed by atoms with Crippen LogP contribution in [-0.2, 0) is 0 Å². The summed E-state index contributed by atoms with van der Waals surface area (Å²) in [7, 11) is 0. The summed E-state index contributed by atoms with van der Waals surface area (Å²) in [6.07, 6.45) is 11.9. The number of rotatable bonds is 2. The second-order valence-corrected chi connectivity index (χ2v) is 9.38. The number of nitrogens with one attached hydrogen (secondary N) is 1. The van der Waals surface area contributed by atoms with Crippen LogP contribution in [-0.4, -0.2) is 36.2 Å². The molecule has 0 spiro atoms. The molecule has 3 N–H and O–H groups in total. The van der Waals surface area contributed by atoms with Crippen LogP contribution in [0.15, 0.2) is 0 Å². The summed E-state index contributed by atoms with van der Waals surface area (Å²) in [5, 5.41) is 4.10. The molecule has 0 aromatic rings. The minimum absolute atomic E-state index is 0.424. The Bertz CT molecular complexity index is 406. The van der Waals surface area contributed by atoms with E-state index >= 15 is 0 Å². The number of nitrogens with zero attached hydrogens (tertiary/aromatic N) is 1. The molecule has 0 aromatic carbocycles. The molecule has 7 unspecified atom stereocenters. The van der Waals surface area contributed by atoms with Gasteiger partial charge in [-0.2, -0.15) is 0 Å². The third-order valence-electron chi connectivity index (χ3n) is 7.64. The van der Waals surface area contributed by atoms with Crippen molar-refractivity contribution in [2.45, 2.75) is 83.5 Å². The van der Waals surface area contributed by atoms with Crippen LogP contribution in [0.25, 0.3) is 0 Å². The van der Waals surface area contributed by atoms with Gasteiger partial charge in [-0.05, 0) is 55.8 Å². The van der Waals surface area contributed by atoms with Crippen molar-refractivity contribution in [2.24, 2.45) is 35.3 Å². The fraction of sp³-hybridized carbons (Fsp3) is 1.00. The minimum atomic E-state index is 0.424. The lowest BCUT2D eigenvalue weighted by Crippen LogP contribution is -2.66. The first-order chi connectivity index (χ1) is 11.1. The van der Waals surface area contributed by atoms with E-state index in [1.807, 2.05) is 0 Å². The number of hydrogen-bond acceptors (Lipinski definition) is 3. The van der Waals surface area contributed by atoms with Crippen molar-refractivity contribution >= 4 is 0 Å². The maximum atomic E-state index is 6.83. The molecule has 132 valence electrons. The number of fused-ring (bicyclic) bond motifs is 2. The van der Waals surface area contributed by atoms with Gasteiger partial charge in [0, 0.05) is 31.1 Å². The van der Waals surface area contributed by atoms with E-state index in [9.17, 15) is 0 Å². The average molecular weight is 320 g/mol. The molecule has 4 aliphatic rings. The summed E-state index contributed by atoms with van der Waals surface area (Å²) >= 11 is 0. The van der Waals surface area contributed by atoms with E-state index in [2.05, 4.69) is 24.1 Å². The molecule has 2 saturated heterocycles. The molecule has 7 atom stereocenters. The van der Waals surface area contributed by atoms with E-state index < -0.39 is 0 Å². The molecule has 4 rings (SSSR count). The van der Waals surface area contributed by atoms with Gasteiger partial charge >= 0.3 is 0 Å². The number of hydrogen-bond donors (Lipinski definition) is 2. The average Bonchev–Trinajstić information content (AvgIpc) is 2.93. The van der Waals surface area contributed by atoms with Crippen molar-refractivity contribution in [1.29, 1.82) is 0 Å². The van der Waals surface area contributed by atoms with Crippen molar-refractivity contribution in [1.82, 2.24) is 10.2 Å². The van der Waals surface area contributed by atoms with Crippen LogP contribution >= 0.6 is 0 Å². The number of likely N-dealkylation sites (tertiary alicyclic amines) is 1. The molecule has 2 saturated carbocycles. The maximum absolute atomic E-state index is 6.83. The maximum Gasteiger partial charge on any atom is 0.0644 e. The predicted molar refractivity (Wildman–Crippen MR) is 96.0 cm³/mol. The van der Waals surface area contributed by atoms with E-state index in [1.54, 1.807) is 0 Å². The van der Waals surface area contributed by atoms with Crippen LogP contribution in [0.3, 0.4) is 0 Å². The first kappa shape index (κ1) is 16.4. The highest BCUT2D eigenvalue weighted by molar-refractivity contribution is 5.06. The Kier molecular flexibility index (Phi) is 4.73. The largest absolute Gasteiger partial charge is 0.327 e. The Labute approximate surface area is 142 Å². The van der Waals surface area contributed by atoms with Gasteiger partial charge in [0.25, 0.3) is 0 Å². The summed E-state index contributed by atoms with van der Waals surface area (Å²) in [6, 6.07) is 1.09. The normalized spacial score (nSPS) is 48.9. The third kappa shape index (κ3) is 3.09. The molecule has 2 heterocycles. The third-order valence-corrected chi connectivity index (χ3v) is 7.64. The molecule has 0 amide bonds. The van der Waals surface area contributed by atoms with Gasteiger partial charge < -0.3 is 5.73 Å². The van der Waals surface area contributed by atoms with Crippen molar-refractivity contribution in [3.8, 4) is 0 Å². The molecule has 3 nitrogen and oxygen atoms in total. The lowest BCUT2D eigenvalue weighted by Gasteiger charge is -2.52. The molecule has 23 heavy (non-hydrogen) atoms. The lowest BCUT2D eigenvalue weighted by atomic mass is 9.65. The van der Waals surface area contributed by atoms with Crippen LogP contribution in [0.2, 0.25) is 0 Å². The number of nitrogens with two attached hydrogens (primary N) is 1. The van der Waals surface area contributed by atoms with Gasteiger partial charge in [-0.15, -0.1) is 0 Å². The molecule has 2 aliphatic heterocycles. The van der Waals surface area contributed by atoms with Gasteiger partial charge in [0.2, 0.25) is 0 Å². The van der Waals surface area contributed by atoms with Gasteiger partial charge in [0.1, 0.15) is 0 Å². The van der Waals surface area contributed by atoms with Gasteiger partial charge in [0.15, 0.2) is 0 Å². The molecule has 4 fully saturated rings. The predicted octanol–water partition coefficient (Wildman–Crippen LogP) is 3.20. The van der Waals surface area contributed by atoms with Gasteiger partial charge in [-0.1, -0.05) is 33.1 Å². The van der Waals surface area contributed by atoms with E-state index in [0.29, 0.717) is 30.1 Å². The van der Waals surface area contributed by atoms with Crippen LogP contribution < -0.4 is 11.1 Å². The standard InChI is InChI=1S/C20H37N3/c1-13-10-14(2)19-17(11-13)18(21)16-8-9-23(20(16)22-19)12-15-6-4-3-5-7-15/h13-20,22H,3-12,21H2,1-2H3. The Hall–Kier alpha value is -0.120. The second kappa shape index (κ2) is 6.65. The summed E-state index contributed by atoms with van der Waals surface area (Å²) in [6.45, 7) is 7.47. The summed E-state index contributed by atoms with van der Waals surface area (Å²) in [4.78, 5) is 2.78. The van der Waals surface area contributed by atoms with Crippen LogP contribution in [0.4, 0.5) is 0 Å². The van der Waals surface area contributed by atoms with E-state index in [0.717, 1.165) is 17.8 Å². The van der Waals surface area contributed by atoms with E-state index in [4.69, 9.17) is 5.73 Å².